The highest BCUT2D eigenvalue weighted by Gasteiger charge is 2.27. The second kappa shape index (κ2) is 5.50. The van der Waals surface area contributed by atoms with Crippen molar-refractivity contribution in [1.82, 2.24) is 15.3 Å². The molecule has 1 N–H and O–H groups in total. The van der Waals surface area contributed by atoms with Crippen molar-refractivity contribution in [2.45, 2.75) is 51.5 Å². The Bertz CT molecular complexity index is 650. The molecule has 0 aromatic carbocycles. The minimum Gasteiger partial charge on any atom is -0.345 e. The fraction of sp³-hybridized carbons (Fsp3) is 0.533. The second-order valence-electron chi connectivity index (χ2n) is 6.40. The van der Waals surface area contributed by atoms with Crippen LogP contribution in [0.5, 0.6) is 0 Å². The van der Waals surface area contributed by atoms with Crippen LogP contribution >= 0.6 is 22.7 Å². The number of nitrogens with one attached hydrogen (secondary N) is 1. The van der Waals surface area contributed by atoms with Crippen molar-refractivity contribution < 1.29 is 4.79 Å². The summed E-state index contributed by atoms with van der Waals surface area (Å²) in [7, 11) is 0. The van der Waals surface area contributed by atoms with E-state index in [0.29, 0.717) is 17.3 Å². The Hall–Kier alpha value is -1.27. The molecule has 1 aliphatic carbocycles. The molecule has 1 saturated carbocycles. The smallest absolute Gasteiger partial charge is 0.263 e. The SMILES string of the molecule is CC(C)(C)c1ncsc1C(=O)NCc1nc(C2CC2)cs1. The lowest BCUT2D eigenvalue weighted by Crippen LogP contribution is -2.25. The van der Waals surface area contributed by atoms with Gasteiger partial charge in [0.2, 0.25) is 0 Å². The Morgan fingerprint density at radius 2 is 2.14 bits per heavy atom. The molecule has 1 fully saturated rings. The summed E-state index contributed by atoms with van der Waals surface area (Å²) in [6.45, 7) is 6.71. The fourth-order valence-corrected chi connectivity index (χ4v) is 3.88. The van der Waals surface area contributed by atoms with E-state index in [1.165, 1.54) is 29.9 Å². The van der Waals surface area contributed by atoms with Gasteiger partial charge in [-0.15, -0.1) is 22.7 Å². The third-order valence-corrected chi connectivity index (χ3v) is 5.14. The first kappa shape index (κ1) is 14.7. The molecule has 6 heteroatoms. The number of nitrogens with zero attached hydrogens (tertiary/aromatic N) is 2. The van der Waals surface area contributed by atoms with Crippen LogP contribution in [0.1, 0.15) is 65.6 Å². The van der Waals surface area contributed by atoms with E-state index in [0.717, 1.165) is 10.7 Å². The molecule has 0 aliphatic heterocycles. The molecule has 0 atom stereocenters. The molecule has 4 nitrogen and oxygen atoms in total. The van der Waals surface area contributed by atoms with Gasteiger partial charge < -0.3 is 5.32 Å². The molecule has 2 aromatic rings. The predicted molar refractivity (Wildman–Crippen MR) is 86.1 cm³/mol. The molecule has 0 radical (unpaired) electrons. The zero-order valence-corrected chi connectivity index (χ0v) is 14.1. The Morgan fingerprint density at radius 1 is 1.38 bits per heavy atom. The molecular formula is C15H19N3OS2. The van der Waals surface area contributed by atoms with Gasteiger partial charge in [0, 0.05) is 16.7 Å². The highest BCUT2D eigenvalue weighted by Crippen LogP contribution is 2.40. The maximum Gasteiger partial charge on any atom is 0.263 e. The van der Waals surface area contributed by atoms with E-state index in [-0.39, 0.29) is 11.3 Å². The molecule has 1 amide bonds. The number of carbonyl (C=O) groups is 1. The van der Waals surface area contributed by atoms with Gasteiger partial charge in [-0.25, -0.2) is 9.97 Å². The number of hydrogen-bond donors (Lipinski definition) is 1. The van der Waals surface area contributed by atoms with Crippen molar-refractivity contribution in [2.24, 2.45) is 0 Å². The lowest BCUT2D eigenvalue weighted by Gasteiger charge is -2.17. The van der Waals surface area contributed by atoms with Crippen molar-refractivity contribution >= 4 is 28.6 Å². The summed E-state index contributed by atoms with van der Waals surface area (Å²) >= 11 is 3.03. The van der Waals surface area contributed by atoms with E-state index in [4.69, 9.17) is 0 Å². The van der Waals surface area contributed by atoms with Gasteiger partial charge in [0.05, 0.1) is 23.4 Å². The van der Waals surface area contributed by atoms with E-state index in [1.807, 2.05) is 0 Å². The standard InChI is InChI=1S/C15H19N3OS2/c1-15(2,3)13-12(21-8-17-13)14(19)16-6-11-18-10(7-20-11)9-4-5-9/h7-9H,4-6H2,1-3H3,(H,16,19). The van der Waals surface area contributed by atoms with Crippen LogP contribution in [0.4, 0.5) is 0 Å². The molecule has 2 aromatic heterocycles. The van der Waals surface area contributed by atoms with E-state index >= 15 is 0 Å². The van der Waals surface area contributed by atoms with Gasteiger partial charge in [0.25, 0.3) is 5.91 Å². The molecular weight excluding hydrogens is 302 g/mol. The largest absolute Gasteiger partial charge is 0.345 e. The Kier molecular flexibility index (Phi) is 3.84. The summed E-state index contributed by atoms with van der Waals surface area (Å²) in [4.78, 5) is 22.0. The zero-order chi connectivity index (χ0) is 15.0. The van der Waals surface area contributed by atoms with Gasteiger partial charge in [0.15, 0.2) is 0 Å². The number of aromatic nitrogens is 2. The maximum atomic E-state index is 12.3. The number of thiazole rings is 2. The molecule has 1 aliphatic rings. The summed E-state index contributed by atoms with van der Waals surface area (Å²) in [5.74, 6) is 0.616. The number of carbonyl (C=O) groups excluding carboxylic acids is 1. The van der Waals surface area contributed by atoms with Crippen LogP contribution in [0.25, 0.3) is 0 Å². The quantitative estimate of drug-likeness (QED) is 0.934. The van der Waals surface area contributed by atoms with Crippen LogP contribution in [0.2, 0.25) is 0 Å². The first-order valence-corrected chi connectivity index (χ1v) is 8.87. The van der Waals surface area contributed by atoms with E-state index in [2.05, 4.69) is 41.4 Å². The summed E-state index contributed by atoms with van der Waals surface area (Å²) < 4.78 is 0. The molecule has 112 valence electrons. The minimum absolute atomic E-state index is 0.0504. The molecule has 21 heavy (non-hydrogen) atoms. The molecule has 3 rings (SSSR count). The van der Waals surface area contributed by atoms with Crippen LogP contribution in [-0.2, 0) is 12.0 Å². The van der Waals surface area contributed by atoms with Crippen molar-refractivity contribution in [3.05, 3.63) is 32.2 Å². The highest BCUT2D eigenvalue weighted by molar-refractivity contribution is 7.12. The number of rotatable bonds is 4. The molecule has 0 unspecified atom stereocenters. The summed E-state index contributed by atoms with van der Waals surface area (Å²) in [6, 6.07) is 0. The third kappa shape index (κ3) is 3.32. The first-order valence-electron chi connectivity index (χ1n) is 7.11. The zero-order valence-electron chi connectivity index (χ0n) is 12.5. The Balaban J connectivity index is 1.64. The van der Waals surface area contributed by atoms with Crippen LogP contribution in [0.3, 0.4) is 0 Å². The van der Waals surface area contributed by atoms with Crippen LogP contribution in [0.15, 0.2) is 10.9 Å². The van der Waals surface area contributed by atoms with Gasteiger partial charge in [-0.1, -0.05) is 20.8 Å². The number of hydrogen-bond acceptors (Lipinski definition) is 5. The van der Waals surface area contributed by atoms with E-state index < -0.39 is 0 Å². The molecule has 0 saturated heterocycles. The summed E-state index contributed by atoms with van der Waals surface area (Å²) in [6.07, 6.45) is 2.51. The summed E-state index contributed by atoms with van der Waals surface area (Å²) in [5, 5.41) is 6.06. The topological polar surface area (TPSA) is 54.9 Å². The van der Waals surface area contributed by atoms with Gasteiger partial charge in [0.1, 0.15) is 9.88 Å². The summed E-state index contributed by atoms with van der Waals surface area (Å²) in [5.41, 5.74) is 3.68. The van der Waals surface area contributed by atoms with Crippen LogP contribution in [0, 0.1) is 0 Å². The van der Waals surface area contributed by atoms with E-state index in [1.54, 1.807) is 16.8 Å². The average Bonchev–Trinajstić information content (AvgIpc) is 2.97. The van der Waals surface area contributed by atoms with Crippen LogP contribution < -0.4 is 5.32 Å². The van der Waals surface area contributed by atoms with Gasteiger partial charge in [-0.3, -0.25) is 4.79 Å². The second-order valence-corrected chi connectivity index (χ2v) is 8.20. The lowest BCUT2D eigenvalue weighted by molar-refractivity contribution is 0.0952. The fourth-order valence-electron chi connectivity index (χ4n) is 2.15. The molecule has 0 bridgehead atoms. The molecule has 2 heterocycles. The Morgan fingerprint density at radius 3 is 2.81 bits per heavy atom. The molecule has 0 spiro atoms. The van der Waals surface area contributed by atoms with Crippen LogP contribution in [-0.4, -0.2) is 15.9 Å². The van der Waals surface area contributed by atoms with E-state index in [9.17, 15) is 4.79 Å². The van der Waals surface area contributed by atoms with Gasteiger partial charge >= 0.3 is 0 Å². The van der Waals surface area contributed by atoms with Crippen molar-refractivity contribution in [3.8, 4) is 0 Å². The number of amides is 1. The highest BCUT2D eigenvalue weighted by atomic mass is 32.1. The Labute approximate surface area is 132 Å². The van der Waals surface area contributed by atoms with Gasteiger partial charge in [-0.2, -0.15) is 0 Å². The minimum atomic E-state index is -0.118. The first-order chi connectivity index (χ1) is 9.95. The average molecular weight is 321 g/mol. The van der Waals surface area contributed by atoms with Crippen molar-refractivity contribution in [2.75, 3.05) is 0 Å². The monoisotopic (exact) mass is 321 g/mol. The van der Waals surface area contributed by atoms with Crippen molar-refractivity contribution in [1.29, 1.82) is 0 Å². The van der Waals surface area contributed by atoms with Gasteiger partial charge in [-0.05, 0) is 12.8 Å². The lowest BCUT2D eigenvalue weighted by atomic mass is 9.91. The normalized spacial score (nSPS) is 15.2. The maximum absolute atomic E-state index is 12.3. The predicted octanol–water partition coefficient (Wildman–Crippen LogP) is 3.70. The van der Waals surface area contributed by atoms with Crippen molar-refractivity contribution in [3.63, 3.8) is 0 Å². The third-order valence-electron chi connectivity index (χ3n) is 3.45.